The van der Waals surface area contributed by atoms with E-state index in [1.165, 1.54) is 0 Å². The summed E-state index contributed by atoms with van der Waals surface area (Å²) in [4.78, 5) is 0. The predicted octanol–water partition coefficient (Wildman–Crippen LogP) is 5.64. The van der Waals surface area contributed by atoms with Gasteiger partial charge in [0.1, 0.15) is 5.82 Å². The highest BCUT2D eigenvalue weighted by atomic mass is 79.9. The van der Waals surface area contributed by atoms with Gasteiger partial charge in [0.05, 0.1) is 10.5 Å². The summed E-state index contributed by atoms with van der Waals surface area (Å²) in [5.74, 6) is -0.233. The fraction of sp³-hybridized carbons (Fsp3) is 0.294. The summed E-state index contributed by atoms with van der Waals surface area (Å²) in [6, 6.07) is 11.0. The summed E-state index contributed by atoms with van der Waals surface area (Å²) < 4.78 is 14.9. The Labute approximate surface area is 138 Å². The molecule has 1 unspecified atom stereocenters. The van der Waals surface area contributed by atoms with Crippen LogP contribution < -0.4 is 5.32 Å². The second kappa shape index (κ2) is 7.39. The monoisotopic (exact) mass is 369 g/mol. The molecular formula is C17H18BrClFN. The van der Waals surface area contributed by atoms with Crippen LogP contribution in [-0.2, 0) is 0 Å². The summed E-state index contributed by atoms with van der Waals surface area (Å²) in [5, 5.41) is 4.08. The van der Waals surface area contributed by atoms with Crippen LogP contribution in [0.25, 0.3) is 0 Å². The largest absolute Gasteiger partial charge is 0.306 e. The molecule has 0 saturated carbocycles. The van der Waals surface area contributed by atoms with Gasteiger partial charge in [-0.05, 0) is 65.1 Å². The van der Waals surface area contributed by atoms with Gasteiger partial charge in [0.25, 0.3) is 0 Å². The highest BCUT2D eigenvalue weighted by Crippen LogP contribution is 2.30. The maximum atomic E-state index is 14.4. The lowest BCUT2D eigenvalue weighted by atomic mass is 9.96. The molecule has 1 atom stereocenters. The lowest BCUT2D eigenvalue weighted by molar-refractivity contribution is 0.543. The van der Waals surface area contributed by atoms with Crippen LogP contribution in [0.3, 0.4) is 0 Å². The quantitative estimate of drug-likeness (QED) is 0.718. The zero-order chi connectivity index (χ0) is 15.4. The molecule has 0 heterocycles. The molecule has 4 heteroatoms. The Hall–Kier alpha value is -0.900. The van der Waals surface area contributed by atoms with Crippen LogP contribution in [0.2, 0.25) is 5.02 Å². The number of nitrogens with one attached hydrogen (secondary N) is 1. The van der Waals surface area contributed by atoms with Gasteiger partial charge in [0.2, 0.25) is 0 Å². The van der Waals surface area contributed by atoms with E-state index in [1.54, 1.807) is 6.07 Å². The minimum atomic E-state index is -0.233. The third kappa shape index (κ3) is 4.06. The van der Waals surface area contributed by atoms with E-state index in [4.69, 9.17) is 11.6 Å². The number of hydrogen-bond acceptors (Lipinski definition) is 1. The van der Waals surface area contributed by atoms with Crippen LogP contribution in [0.5, 0.6) is 0 Å². The van der Waals surface area contributed by atoms with Crippen molar-refractivity contribution in [1.29, 1.82) is 0 Å². The zero-order valence-electron chi connectivity index (χ0n) is 12.1. The minimum absolute atomic E-state index is 0.208. The first-order chi connectivity index (χ1) is 10.0. The molecule has 21 heavy (non-hydrogen) atoms. The highest BCUT2D eigenvalue weighted by molar-refractivity contribution is 9.10. The van der Waals surface area contributed by atoms with Crippen molar-refractivity contribution in [2.24, 2.45) is 0 Å². The van der Waals surface area contributed by atoms with Crippen molar-refractivity contribution in [2.75, 3.05) is 6.54 Å². The molecule has 1 N–H and O–H groups in total. The van der Waals surface area contributed by atoms with Crippen LogP contribution in [0, 0.1) is 12.7 Å². The summed E-state index contributed by atoms with van der Waals surface area (Å²) in [7, 11) is 0. The van der Waals surface area contributed by atoms with Gasteiger partial charge >= 0.3 is 0 Å². The molecule has 0 saturated heterocycles. The Balaban J connectivity index is 2.49. The van der Waals surface area contributed by atoms with E-state index in [9.17, 15) is 4.39 Å². The second-order valence-corrected chi connectivity index (χ2v) is 6.38. The molecule has 2 rings (SSSR count). The molecule has 0 bridgehead atoms. The van der Waals surface area contributed by atoms with E-state index < -0.39 is 0 Å². The van der Waals surface area contributed by atoms with E-state index in [2.05, 4.69) is 28.2 Å². The van der Waals surface area contributed by atoms with Gasteiger partial charge in [-0.2, -0.15) is 0 Å². The fourth-order valence-corrected chi connectivity index (χ4v) is 3.05. The van der Waals surface area contributed by atoms with Gasteiger partial charge < -0.3 is 5.32 Å². The Morgan fingerprint density at radius 1 is 1.29 bits per heavy atom. The number of benzene rings is 2. The SMILES string of the molecule is CCCNC(c1cc(C)cc(Cl)c1)c1cccc(Br)c1F. The number of rotatable bonds is 5. The van der Waals surface area contributed by atoms with Crippen LogP contribution in [-0.4, -0.2) is 6.54 Å². The first-order valence-electron chi connectivity index (χ1n) is 6.97. The average molecular weight is 371 g/mol. The predicted molar refractivity (Wildman–Crippen MR) is 90.4 cm³/mol. The molecule has 1 nitrogen and oxygen atoms in total. The van der Waals surface area contributed by atoms with E-state index in [-0.39, 0.29) is 11.9 Å². The molecular weight excluding hydrogens is 353 g/mol. The van der Waals surface area contributed by atoms with Crippen LogP contribution in [0.4, 0.5) is 4.39 Å². The lowest BCUT2D eigenvalue weighted by Gasteiger charge is -2.21. The summed E-state index contributed by atoms with van der Waals surface area (Å²) in [6.45, 7) is 4.89. The molecule has 0 aliphatic rings. The molecule has 0 aliphatic carbocycles. The number of halogens is 3. The summed E-state index contributed by atoms with van der Waals surface area (Å²) in [6.07, 6.45) is 0.978. The topological polar surface area (TPSA) is 12.0 Å². The standard InChI is InChI=1S/C17H18BrClFN/c1-3-7-21-17(12-8-11(2)9-13(19)10-12)14-5-4-6-15(18)16(14)20/h4-6,8-10,17,21H,3,7H2,1-2H3. The molecule has 112 valence electrons. The number of hydrogen-bond donors (Lipinski definition) is 1. The van der Waals surface area contributed by atoms with E-state index in [1.807, 2.05) is 37.3 Å². The van der Waals surface area contributed by atoms with Crippen molar-refractivity contribution in [1.82, 2.24) is 5.32 Å². The van der Waals surface area contributed by atoms with E-state index in [0.29, 0.717) is 15.1 Å². The van der Waals surface area contributed by atoms with Crippen molar-refractivity contribution in [3.63, 3.8) is 0 Å². The second-order valence-electron chi connectivity index (χ2n) is 5.09. The molecule has 2 aromatic rings. The Morgan fingerprint density at radius 3 is 2.71 bits per heavy atom. The zero-order valence-corrected chi connectivity index (χ0v) is 14.4. The molecule has 0 amide bonds. The van der Waals surface area contributed by atoms with E-state index >= 15 is 0 Å². The Kier molecular flexibility index (Phi) is 5.80. The van der Waals surface area contributed by atoms with Gasteiger partial charge in [-0.25, -0.2) is 4.39 Å². The van der Waals surface area contributed by atoms with Crippen molar-refractivity contribution < 1.29 is 4.39 Å². The molecule has 0 aliphatic heterocycles. The average Bonchev–Trinajstić information content (AvgIpc) is 2.42. The van der Waals surface area contributed by atoms with Crippen molar-refractivity contribution >= 4 is 27.5 Å². The minimum Gasteiger partial charge on any atom is -0.306 e. The first kappa shape index (κ1) is 16.5. The Bertz CT molecular complexity index is 610. The maximum Gasteiger partial charge on any atom is 0.142 e. The maximum absolute atomic E-state index is 14.4. The molecule has 0 aromatic heterocycles. The van der Waals surface area contributed by atoms with Crippen molar-refractivity contribution in [3.05, 3.63) is 68.4 Å². The Morgan fingerprint density at radius 2 is 2.05 bits per heavy atom. The summed E-state index contributed by atoms with van der Waals surface area (Å²) >= 11 is 9.41. The van der Waals surface area contributed by atoms with Gasteiger partial charge in [-0.3, -0.25) is 0 Å². The van der Waals surface area contributed by atoms with Gasteiger partial charge in [0.15, 0.2) is 0 Å². The fourth-order valence-electron chi connectivity index (χ4n) is 2.37. The molecule has 0 radical (unpaired) electrons. The van der Waals surface area contributed by atoms with E-state index in [0.717, 1.165) is 24.1 Å². The third-order valence-corrected chi connectivity index (χ3v) is 4.12. The van der Waals surface area contributed by atoms with Gasteiger partial charge in [-0.1, -0.05) is 36.7 Å². The molecule has 2 aromatic carbocycles. The lowest BCUT2D eigenvalue weighted by Crippen LogP contribution is -2.24. The normalized spacial score (nSPS) is 12.4. The number of aryl methyl sites for hydroxylation is 1. The smallest absolute Gasteiger partial charge is 0.142 e. The van der Waals surface area contributed by atoms with Gasteiger partial charge in [0, 0.05) is 10.6 Å². The molecule has 0 spiro atoms. The van der Waals surface area contributed by atoms with Gasteiger partial charge in [-0.15, -0.1) is 0 Å². The van der Waals surface area contributed by atoms with Crippen LogP contribution >= 0.6 is 27.5 Å². The van der Waals surface area contributed by atoms with Crippen LogP contribution in [0.1, 0.15) is 36.1 Å². The van der Waals surface area contributed by atoms with Crippen molar-refractivity contribution in [3.8, 4) is 0 Å². The highest BCUT2D eigenvalue weighted by Gasteiger charge is 2.19. The van der Waals surface area contributed by atoms with Crippen molar-refractivity contribution in [2.45, 2.75) is 26.3 Å². The molecule has 0 fully saturated rings. The van der Waals surface area contributed by atoms with Crippen LogP contribution in [0.15, 0.2) is 40.9 Å². The summed E-state index contributed by atoms with van der Waals surface area (Å²) in [5.41, 5.74) is 2.67. The first-order valence-corrected chi connectivity index (χ1v) is 8.14. The third-order valence-electron chi connectivity index (χ3n) is 3.29.